The summed E-state index contributed by atoms with van der Waals surface area (Å²) in [4.78, 5) is 23.7. The Morgan fingerprint density at radius 3 is 2.52 bits per heavy atom. The third-order valence-electron chi connectivity index (χ3n) is 3.24. The fraction of sp³-hybridized carbons (Fsp3) is 0.105. The third-order valence-corrected chi connectivity index (χ3v) is 3.98. The minimum atomic E-state index is -0.467. The molecule has 0 heterocycles. The first-order chi connectivity index (χ1) is 13.0. The van der Waals surface area contributed by atoms with Gasteiger partial charge < -0.3 is 10.1 Å². The predicted molar refractivity (Wildman–Crippen MR) is 107 cm³/mol. The van der Waals surface area contributed by atoms with Crippen LogP contribution in [0.1, 0.15) is 15.9 Å². The Labute approximate surface area is 166 Å². The molecule has 27 heavy (non-hydrogen) atoms. The first-order valence-electron chi connectivity index (χ1n) is 7.88. The van der Waals surface area contributed by atoms with E-state index in [0.717, 1.165) is 5.56 Å². The maximum absolute atomic E-state index is 12.0. The predicted octanol–water partition coefficient (Wildman–Crippen LogP) is 3.44. The third kappa shape index (κ3) is 6.77. The molecule has 0 radical (unpaired) electrons. The van der Waals surface area contributed by atoms with Gasteiger partial charge in [-0.05, 0) is 48.0 Å². The van der Waals surface area contributed by atoms with Crippen molar-refractivity contribution >= 4 is 41.2 Å². The molecule has 140 valence electrons. The van der Waals surface area contributed by atoms with Crippen LogP contribution in [0.4, 0.5) is 0 Å². The number of hydrazone groups is 1. The Bertz CT molecular complexity index is 852. The summed E-state index contributed by atoms with van der Waals surface area (Å²) in [5.74, 6) is -0.200. The van der Waals surface area contributed by atoms with Gasteiger partial charge in [0, 0.05) is 5.56 Å². The molecule has 0 aliphatic carbocycles. The molecule has 2 N–H and O–H groups in total. The van der Waals surface area contributed by atoms with Crippen LogP contribution in [0.15, 0.2) is 60.2 Å². The monoisotopic (exact) mass is 405 g/mol. The molecule has 2 amide bonds. The standard InChI is InChI=1S/C19H17Cl2N3O3/c1-2-9-27-15-6-3-13(4-7-15)11-23-24-18(25)12-22-19(26)14-5-8-16(20)17(21)10-14/h2-8,10-11H,1,9,12H2,(H,22,26)(H,24,25)/b23-11+. The first kappa shape index (κ1) is 20.5. The molecule has 8 heteroatoms. The van der Waals surface area contributed by atoms with Crippen LogP contribution < -0.4 is 15.5 Å². The zero-order valence-corrected chi connectivity index (χ0v) is 15.8. The zero-order chi connectivity index (χ0) is 19.6. The summed E-state index contributed by atoms with van der Waals surface area (Å²) in [6.45, 7) is 3.77. The normalized spacial score (nSPS) is 10.4. The van der Waals surface area contributed by atoms with E-state index < -0.39 is 11.8 Å². The van der Waals surface area contributed by atoms with Gasteiger partial charge in [-0.3, -0.25) is 9.59 Å². The van der Waals surface area contributed by atoms with E-state index in [9.17, 15) is 9.59 Å². The largest absolute Gasteiger partial charge is 0.490 e. The summed E-state index contributed by atoms with van der Waals surface area (Å²) in [5.41, 5.74) is 3.42. The van der Waals surface area contributed by atoms with Crippen molar-refractivity contribution in [3.8, 4) is 5.75 Å². The van der Waals surface area contributed by atoms with E-state index in [-0.39, 0.29) is 11.6 Å². The maximum Gasteiger partial charge on any atom is 0.259 e. The number of halogens is 2. The van der Waals surface area contributed by atoms with Gasteiger partial charge in [0.05, 0.1) is 22.8 Å². The number of nitrogens with one attached hydrogen (secondary N) is 2. The van der Waals surface area contributed by atoms with Crippen molar-refractivity contribution in [2.45, 2.75) is 0 Å². The Morgan fingerprint density at radius 1 is 1.11 bits per heavy atom. The fourth-order valence-corrected chi connectivity index (χ4v) is 2.22. The number of carbonyl (C=O) groups is 2. The molecule has 0 aliphatic heterocycles. The van der Waals surface area contributed by atoms with Gasteiger partial charge in [0.25, 0.3) is 11.8 Å². The quantitative estimate of drug-likeness (QED) is 0.401. The lowest BCUT2D eigenvalue weighted by Gasteiger charge is -2.05. The molecule has 0 spiro atoms. The molecule has 0 bridgehead atoms. The van der Waals surface area contributed by atoms with Crippen LogP contribution in [-0.2, 0) is 4.79 Å². The number of rotatable bonds is 8. The van der Waals surface area contributed by atoms with Crippen LogP contribution >= 0.6 is 23.2 Å². The van der Waals surface area contributed by atoms with Gasteiger partial charge in [0.2, 0.25) is 0 Å². The van der Waals surface area contributed by atoms with Gasteiger partial charge >= 0.3 is 0 Å². The van der Waals surface area contributed by atoms with E-state index in [4.69, 9.17) is 27.9 Å². The molecule has 0 fully saturated rings. The van der Waals surface area contributed by atoms with Crippen LogP contribution in [0.5, 0.6) is 5.75 Å². The molecular formula is C19H17Cl2N3O3. The van der Waals surface area contributed by atoms with Gasteiger partial charge in [0.15, 0.2) is 0 Å². The number of hydrogen-bond acceptors (Lipinski definition) is 4. The fourth-order valence-electron chi connectivity index (χ4n) is 1.92. The van der Waals surface area contributed by atoms with Crippen LogP contribution in [-0.4, -0.2) is 31.2 Å². The van der Waals surface area contributed by atoms with E-state index in [2.05, 4.69) is 22.4 Å². The summed E-state index contributed by atoms with van der Waals surface area (Å²) >= 11 is 11.7. The average Bonchev–Trinajstić information content (AvgIpc) is 2.67. The van der Waals surface area contributed by atoms with Crippen LogP contribution in [0.25, 0.3) is 0 Å². The van der Waals surface area contributed by atoms with Crippen LogP contribution in [0.3, 0.4) is 0 Å². The van der Waals surface area contributed by atoms with E-state index in [1.54, 1.807) is 30.3 Å². The molecule has 2 aromatic rings. The summed E-state index contributed by atoms with van der Waals surface area (Å²) < 4.78 is 5.37. The lowest BCUT2D eigenvalue weighted by molar-refractivity contribution is -0.120. The topological polar surface area (TPSA) is 79.8 Å². The second-order valence-electron chi connectivity index (χ2n) is 5.27. The molecule has 0 aromatic heterocycles. The van der Waals surface area contributed by atoms with E-state index in [0.29, 0.717) is 22.9 Å². The smallest absolute Gasteiger partial charge is 0.259 e. The molecule has 0 saturated carbocycles. The highest BCUT2D eigenvalue weighted by atomic mass is 35.5. The Morgan fingerprint density at radius 2 is 1.85 bits per heavy atom. The Kier molecular flexibility index (Phi) is 7.85. The van der Waals surface area contributed by atoms with Gasteiger partial charge in [-0.15, -0.1) is 0 Å². The van der Waals surface area contributed by atoms with Crippen molar-refractivity contribution in [3.63, 3.8) is 0 Å². The second-order valence-corrected chi connectivity index (χ2v) is 6.09. The lowest BCUT2D eigenvalue weighted by atomic mass is 10.2. The minimum absolute atomic E-state index is 0.231. The molecule has 0 unspecified atom stereocenters. The van der Waals surface area contributed by atoms with Gasteiger partial charge in [-0.25, -0.2) is 5.43 Å². The minimum Gasteiger partial charge on any atom is -0.490 e. The highest BCUT2D eigenvalue weighted by Gasteiger charge is 2.09. The molecule has 6 nitrogen and oxygen atoms in total. The number of nitrogens with zero attached hydrogens (tertiary/aromatic N) is 1. The van der Waals surface area contributed by atoms with Crippen LogP contribution in [0.2, 0.25) is 10.0 Å². The van der Waals surface area contributed by atoms with Crippen molar-refractivity contribution in [1.29, 1.82) is 0 Å². The maximum atomic E-state index is 12.0. The van der Waals surface area contributed by atoms with E-state index >= 15 is 0 Å². The number of amides is 2. The van der Waals surface area contributed by atoms with Crippen molar-refractivity contribution in [2.75, 3.05) is 13.2 Å². The SMILES string of the molecule is C=CCOc1ccc(/C=N/NC(=O)CNC(=O)c2ccc(Cl)c(Cl)c2)cc1. The molecular weight excluding hydrogens is 389 g/mol. The molecule has 2 rings (SSSR count). The summed E-state index contributed by atoms with van der Waals surface area (Å²) in [5, 5.41) is 6.92. The van der Waals surface area contributed by atoms with Gasteiger partial charge in [-0.2, -0.15) is 5.10 Å². The highest BCUT2D eigenvalue weighted by molar-refractivity contribution is 6.42. The van der Waals surface area contributed by atoms with Gasteiger partial charge in [-0.1, -0.05) is 35.9 Å². The first-order valence-corrected chi connectivity index (χ1v) is 8.64. The molecule has 0 saturated heterocycles. The second kappa shape index (κ2) is 10.4. The highest BCUT2D eigenvalue weighted by Crippen LogP contribution is 2.22. The summed E-state index contributed by atoms with van der Waals surface area (Å²) in [6.07, 6.45) is 3.14. The van der Waals surface area contributed by atoms with Crippen molar-refractivity contribution in [3.05, 3.63) is 76.3 Å². The Hall–Kier alpha value is -2.83. The van der Waals surface area contributed by atoms with Gasteiger partial charge in [0.1, 0.15) is 12.4 Å². The average molecular weight is 406 g/mol. The van der Waals surface area contributed by atoms with E-state index in [1.807, 2.05) is 0 Å². The number of benzene rings is 2. The molecule has 2 aromatic carbocycles. The number of hydrogen-bond donors (Lipinski definition) is 2. The van der Waals surface area contributed by atoms with Crippen LogP contribution in [0, 0.1) is 0 Å². The molecule has 0 aliphatic rings. The van der Waals surface area contributed by atoms with Crippen molar-refractivity contribution in [2.24, 2.45) is 5.10 Å². The van der Waals surface area contributed by atoms with Crippen molar-refractivity contribution in [1.82, 2.24) is 10.7 Å². The molecule has 0 atom stereocenters. The van der Waals surface area contributed by atoms with E-state index in [1.165, 1.54) is 24.4 Å². The number of carbonyl (C=O) groups excluding carboxylic acids is 2. The zero-order valence-electron chi connectivity index (χ0n) is 14.2. The Balaban J connectivity index is 1.78. The lowest BCUT2D eigenvalue weighted by Crippen LogP contribution is -2.34. The summed E-state index contributed by atoms with van der Waals surface area (Å²) in [6, 6.07) is 11.6. The number of ether oxygens (including phenoxy) is 1. The summed E-state index contributed by atoms with van der Waals surface area (Å²) in [7, 11) is 0. The van der Waals surface area contributed by atoms with Crippen molar-refractivity contribution < 1.29 is 14.3 Å².